The largest absolute Gasteiger partial charge is 0.462 e. The molecule has 0 amide bonds. The maximum atomic E-state index is 11.7. The summed E-state index contributed by atoms with van der Waals surface area (Å²) in [7, 11) is 0. The molecule has 1 unspecified atom stereocenters. The zero-order valence-corrected chi connectivity index (χ0v) is 12.6. The van der Waals surface area contributed by atoms with Crippen molar-refractivity contribution in [2.45, 2.75) is 11.8 Å². The van der Waals surface area contributed by atoms with E-state index in [1.807, 2.05) is 0 Å². The summed E-state index contributed by atoms with van der Waals surface area (Å²) >= 11 is 20.5. The summed E-state index contributed by atoms with van der Waals surface area (Å²) in [4.78, 5) is 11.7. The summed E-state index contributed by atoms with van der Waals surface area (Å²) < 4.78 is 5.82. The van der Waals surface area contributed by atoms with Crippen LogP contribution < -0.4 is 0 Å². The summed E-state index contributed by atoms with van der Waals surface area (Å²) in [5.41, 5.74) is 0.332. The monoisotopic (exact) mass is 358 g/mol. The Morgan fingerprint density at radius 3 is 2.82 bits per heavy atom. The molecule has 0 bridgehead atoms. The predicted octanol–water partition coefficient (Wildman–Crippen LogP) is 4.50. The van der Waals surface area contributed by atoms with Gasteiger partial charge in [-0.1, -0.05) is 27.5 Å². The first-order chi connectivity index (χ1) is 8.04. The molecule has 2 nitrogen and oxygen atoms in total. The van der Waals surface area contributed by atoms with Crippen LogP contribution in [0.2, 0.25) is 5.02 Å². The van der Waals surface area contributed by atoms with Gasteiger partial charge in [0, 0.05) is 10.4 Å². The maximum absolute atomic E-state index is 11.7. The highest BCUT2D eigenvalue weighted by Gasteiger charge is 2.13. The second-order valence-electron chi connectivity index (χ2n) is 3.30. The van der Waals surface area contributed by atoms with Crippen LogP contribution in [0, 0.1) is 0 Å². The molecule has 0 radical (unpaired) electrons. The van der Waals surface area contributed by atoms with Crippen LogP contribution in [0.5, 0.6) is 0 Å². The molecule has 6 heteroatoms. The van der Waals surface area contributed by atoms with Crippen molar-refractivity contribution in [1.82, 2.24) is 0 Å². The lowest BCUT2D eigenvalue weighted by atomic mass is 10.2. The second kappa shape index (κ2) is 7.47. The number of hydrogen-bond acceptors (Lipinski definition) is 2. The molecule has 0 spiro atoms. The van der Waals surface area contributed by atoms with Crippen LogP contribution >= 0.6 is 50.7 Å². The molecule has 1 rings (SSSR count). The molecular formula is C11H10BrCl3O2. The Balaban J connectivity index is 2.55. The van der Waals surface area contributed by atoms with E-state index < -0.39 is 5.97 Å². The van der Waals surface area contributed by atoms with Gasteiger partial charge in [0.1, 0.15) is 0 Å². The fourth-order valence-corrected chi connectivity index (χ4v) is 1.89. The van der Waals surface area contributed by atoms with E-state index in [0.29, 0.717) is 22.9 Å². The van der Waals surface area contributed by atoms with E-state index in [4.69, 9.17) is 39.5 Å². The van der Waals surface area contributed by atoms with Crippen molar-refractivity contribution in [2.75, 3.05) is 12.5 Å². The van der Waals surface area contributed by atoms with Crippen LogP contribution in [0.1, 0.15) is 16.8 Å². The molecule has 0 fully saturated rings. The van der Waals surface area contributed by atoms with Crippen LogP contribution in [-0.4, -0.2) is 23.8 Å². The molecule has 0 heterocycles. The second-order valence-corrected chi connectivity index (χ2v) is 5.55. The first-order valence-corrected chi connectivity index (χ1v) is 7.01. The highest BCUT2D eigenvalue weighted by molar-refractivity contribution is 9.10. The van der Waals surface area contributed by atoms with E-state index in [2.05, 4.69) is 15.9 Å². The molecule has 0 aromatic heterocycles. The normalized spacial score (nSPS) is 12.2. The van der Waals surface area contributed by atoms with Gasteiger partial charge < -0.3 is 4.74 Å². The molecular weight excluding hydrogens is 350 g/mol. The average molecular weight is 360 g/mol. The first-order valence-electron chi connectivity index (χ1n) is 4.86. The lowest BCUT2D eigenvalue weighted by Crippen LogP contribution is -2.11. The molecule has 0 saturated heterocycles. The number of rotatable bonds is 5. The number of esters is 1. The molecule has 0 N–H and O–H groups in total. The molecule has 0 saturated carbocycles. The molecule has 1 aromatic carbocycles. The first kappa shape index (κ1) is 15.1. The van der Waals surface area contributed by atoms with Gasteiger partial charge in [-0.2, -0.15) is 0 Å². The Morgan fingerprint density at radius 1 is 1.47 bits per heavy atom. The van der Waals surface area contributed by atoms with E-state index in [0.717, 1.165) is 4.47 Å². The summed E-state index contributed by atoms with van der Waals surface area (Å²) in [5.74, 6) is -0.133. The van der Waals surface area contributed by atoms with Crippen molar-refractivity contribution >= 4 is 56.7 Å². The Morgan fingerprint density at radius 2 is 2.18 bits per heavy atom. The number of halogens is 4. The van der Waals surface area contributed by atoms with Gasteiger partial charge in [0.05, 0.1) is 22.6 Å². The van der Waals surface area contributed by atoms with Crippen LogP contribution in [0.4, 0.5) is 0 Å². The minimum absolute atomic E-state index is 0.192. The third kappa shape index (κ3) is 5.04. The quantitative estimate of drug-likeness (QED) is 0.571. The van der Waals surface area contributed by atoms with Crippen LogP contribution in [0.3, 0.4) is 0 Å². The van der Waals surface area contributed by atoms with Crippen molar-refractivity contribution in [3.8, 4) is 0 Å². The number of benzene rings is 1. The summed E-state index contributed by atoms with van der Waals surface area (Å²) in [5, 5.41) is 0.167. The van der Waals surface area contributed by atoms with Crippen LogP contribution in [0.25, 0.3) is 0 Å². The fourth-order valence-electron chi connectivity index (χ4n) is 1.09. The lowest BCUT2D eigenvalue weighted by molar-refractivity contribution is 0.0501. The minimum atomic E-state index is -0.463. The van der Waals surface area contributed by atoms with Gasteiger partial charge >= 0.3 is 5.97 Å². The highest BCUT2D eigenvalue weighted by Crippen LogP contribution is 2.21. The van der Waals surface area contributed by atoms with Gasteiger partial charge in [0.25, 0.3) is 0 Å². The smallest absolute Gasteiger partial charge is 0.339 e. The lowest BCUT2D eigenvalue weighted by Gasteiger charge is -2.08. The summed E-state index contributed by atoms with van der Waals surface area (Å²) in [6, 6.07) is 5.00. The van der Waals surface area contributed by atoms with Crippen molar-refractivity contribution in [3.05, 3.63) is 33.3 Å². The number of carbonyl (C=O) groups excluding carboxylic acids is 1. The molecule has 0 aliphatic heterocycles. The van der Waals surface area contributed by atoms with Gasteiger partial charge in [0.15, 0.2) is 0 Å². The van der Waals surface area contributed by atoms with E-state index in [-0.39, 0.29) is 12.0 Å². The van der Waals surface area contributed by atoms with Crippen molar-refractivity contribution in [1.29, 1.82) is 0 Å². The zero-order chi connectivity index (χ0) is 12.8. The molecule has 1 aromatic rings. The van der Waals surface area contributed by atoms with E-state index in [9.17, 15) is 4.79 Å². The topological polar surface area (TPSA) is 26.3 Å². The number of ether oxygens (including phenoxy) is 1. The van der Waals surface area contributed by atoms with E-state index >= 15 is 0 Å². The maximum Gasteiger partial charge on any atom is 0.339 e. The Kier molecular flexibility index (Phi) is 6.63. The molecule has 94 valence electrons. The SMILES string of the molecule is O=C(OCCC(Cl)CCl)c1cc(Br)ccc1Cl. The van der Waals surface area contributed by atoms with Crippen LogP contribution in [0.15, 0.2) is 22.7 Å². The third-order valence-electron chi connectivity index (χ3n) is 1.98. The predicted molar refractivity (Wildman–Crippen MR) is 74.4 cm³/mol. The van der Waals surface area contributed by atoms with Gasteiger partial charge in [-0.3, -0.25) is 0 Å². The summed E-state index contributed by atoms with van der Waals surface area (Å²) in [6.45, 7) is 0.225. The number of carbonyl (C=O) groups is 1. The van der Waals surface area contributed by atoms with Gasteiger partial charge in [-0.25, -0.2) is 4.79 Å². The average Bonchev–Trinajstić information content (AvgIpc) is 2.31. The Labute approximate surface area is 123 Å². The third-order valence-corrected chi connectivity index (χ3v) is 3.71. The molecule has 0 aliphatic rings. The van der Waals surface area contributed by atoms with Crippen LogP contribution in [-0.2, 0) is 4.74 Å². The number of hydrogen-bond donors (Lipinski definition) is 0. The van der Waals surface area contributed by atoms with Gasteiger partial charge in [0.2, 0.25) is 0 Å². The standard InChI is InChI=1S/C11H10BrCl3O2/c12-7-1-2-10(15)9(5-7)11(16)17-4-3-8(14)6-13/h1-2,5,8H,3-4,6H2. The van der Waals surface area contributed by atoms with Gasteiger partial charge in [-0.15, -0.1) is 23.2 Å². The van der Waals surface area contributed by atoms with Gasteiger partial charge in [-0.05, 0) is 24.6 Å². The number of alkyl halides is 2. The zero-order valence-electron chi connectivity index (χ0n) is 8.76. The van der Waals surface area contributed by atoms with Crippen molar-refractivity contribution < 1.29 is 9.53 Å². The van der Waals surface area contributed by atoms with E-state index in [1.165, 1.54) is 0 Å². The van der Waals surface area contributed by atoms with E-state index in [1.54, 1.807) is 18.2 Å². The molecule has 0 aliphatic carbocycles. The molecule has 1 atom stereocenters. The van der Waals surface area contributed by atoms with Crippen molar-refractivity contribution in [2.24, 2.45) is 0 Å². The molecule has 17 heavy (non-hydrogen) atoms. The minimum Gasteiger partial charge on any atom is -0.462 e. The fraction of sp³-hybridized carbons (Fsp3) is 0.364. The summed E-state index contributed by atoms with van der Waals surface area (Å²) in [6.07, 6.45) is 0.516. The van der Waals surface area contributed by atoms with Crippen molar-refractivity contribution in [3.63, 3.8) is 0 Å². The Bertz CT molecular complexity index is 398. The Hall–Kier alpha value is 0.0400. The highest BCUT2D eigenvalue weighted by atomic mass is 79.9.